The van der Waals surface area contributed by atoms with Crippen molar-refractivity contribution in [2.45, 2.75) is 90.4 Å². The highest BCUT2D eigenvalue weighted by atomic mass is 16.2. The summed E-state index contributed by atoms with van der Waals surface area (Å²) in [5.41, 5.74) is 5.24. The second kappa shape index (κ2) is 22.6. The van der Waals surface area contributed by atoms with Crippen LogP contribution in [0.4, 0.5) is 11.4 Å². The SMILES string of the molecule is CCCCCCCCCCCCCCC[N+](C)(C)CCNC(=O)c1cc(NC(=O)c2cc(NC(=O)c3ccc(/C=C/c4cnc5ccccc5c4)cc3)cn2C)cn1C. The first-order valence-electron chi connectivity index (χ1n) is 21.7. The number of carbonyl (C=O) groups excluding carboxylic acids is 3. The predicted octanol–water partition coefficient (Wildman–Crippen LogP) is 10.5. The van der Waals surface area contributed by atoms with Gasteiger partial charge in [-0.3, -0.25) is 19.4 Å². The molecule has 0 aliphatic rings. The van der Waals surface area contributed by atoms with Gasteiger partial charge in [-0.15, -0.1) is 0 Å². The Morgan fingerprint density at radius 3 is 1.80 bits per heavy atom. The zero-order valence-corrected chi connectivity index (χ0v) is 36.1. The first kappa shape index (κ1) is 44.6. The number of likely N-dealkylation sites (N-methyl/N-ethyl adjacent to an activating group) is 1. The van der Waals surface area contributed by atoms with Crippen LogP contribution in [0.1, 0.15) is 133 Å². The van der Waals surface area contributed by atoms with Crippen molar-refractivity contribution in [2.75, 3.05) is 44.4 Å². The van der Waals surface area contributed by atoms with E-state index in [0.29, 0.717) is 34.9 Å². The highest BCUT2D eigenvalue weighted by molar-refractivity contribution is 6.07. The highest BCUT2D eigenvalue weighted by Crippen LogP contribution is 2.20. The number of hydrogen-bond acceptors (Lipinski definition) is 4. The number of nitrogens with one attached hydrogen (secondary N) is 3. The number of pyridine rings is 1. The number of nitrogens with zero attached hydrogens (tertiary/aromatic N) is 4. The second-order valence-corrected chi connectivity index (χ2v) is 16.7. The lowest BCUT2D eigenvalue weighted by atomic mass is 10.0. The number of amides is 3. The summed E-state index contributed by atoms with van der Waals surface area (Å²) >= 11 is 0. The fourth-order valence-corrected chi connectivity index (χ4v) is 7.46. The largest absolute Gasteiger partial charge is 0.345 e. The predicted molar refractivity (Wildman–Crippen MR) is 244 cm³/mol. The third-order valence-electron chi connectivity index (χ3n) is 11.1. The maximum Gasteiger partial charge on any atom is 0.272 e. The van der Waals surface area contributed by atoms with Crippen molar-refractivity contribution in [1.82, 2.24) is 19.4 Å². The van der Waals surface area contributed by atoms with Crippen LogP contribution in [-0.4, -0.2) is 70.1 Å². The first-order chi connectivity index (χ1) is 28.5. The van der Waals surface area contributed by atoms with Crippen LogP contribution >= 0.6 is 0 Å². The summed E-state index contributed by atoms with van der Waals surface area (Å²) < 4.78 is 4.24. The van der Waals surface area contributed by atoms with Gasteiger partial charge in [-0.2, -0.15) is 0 Å². The van der Waals surface area contributed by atoms with Gasteiger partial charge in [-0.1, -0.05) is 120 Å². The molecule has 3 N–H and O–H groups in total. The molecular formula is C49H66N7O3+. The van der Waals surface area contributed by atoms with E-state index in [2.05, 4.69) is 48.0 Å². The zero-order chi connectivity index (χ0) is 42.0. The molecule has 10 nitrogen and oxygen atoms in total. The fraction of sp³-hybridized carbons (Fsp3) is 0.429. The molecule has 2 aromatic carbocycles. The van der Waals surface area contributed by atoms with Gasteiger partial charge in [0.25, 0.3) is 17.7 Å². The number of aryl methyl sites for hydroxylation is 2. The van der Waals surface area contributed by atoms with Gasteiger partial charge in [0.15, 0.2) is 0 Å². The molecule has 314 valence electrons. The Morgan fingerprint density at radius 1 is 0.627 bits per heavy atom. The van der Waals surface area contributed by atoms with Gasteiger partial charge in [-0.05, 0) is 60.4 Å². The summed E-state index contributed by atoms with van der Waals surface area (Å²) in [6, 6.07) is 20.7. The Morgan fingerprint density at radius 2 is 1.17 bits per heavy atom. The van der Waals surface area contributed by atoms with E-state index in [9.17, 15) is 14.4 Å². The molecule has 3 aromatic heterocycles. The van der Waals surface area contributed by atoms with Crippen LogP contribution in [0.5, 0.6) is 0 Å². The monoisotopic (exact) mass is 801 g/mol. The summed E-state index contributed by atoms with van der Waals surface area (Å²) in [6.45, 7) is 4.78. The molecule has 3 amide bonds. The Kier molecular flexibility index (Phi) is 17.1. The molecule has 10 heteroatoms. The summed E-state index contributed by atoms with van der Waals surface area (Å²) in [6.07, 6.45) is 26.8. The third kappa shape index (κ3) is 14.4. The summed E-state index contributed by atoms with van der Waals surface area (Å²) in [7, 11) is 8.00. The van der Waals surface area contributed by atoms with E-state index in [1.807, 2.05) is 54.7 Å². The number of benzene rings is 2. The van der Waals surface area contributed by atoms with Gasteiger partial charge in [0.2, 0.25) is 0 Å². The van der Waals surface area contributed by atoms with Gasteiger partial charge >= 0.3 is 0 Å². The van der Waals surface area contributed by atoms with Crippen LogP contribution in [0.25, 0.3) is 23.1 Å². The van der Waals surface area contributed by atoms with Crippen molar-refractivity contribution in [3.05, 3.63) is 113 Å². The summed E-state index contributed by atoms with van der Waals surface area (Å²) in [5, 5.41) is 9.95. The van der Waals surface area contributed by atoms with Gasteiger partial charge in [0.05, 0.1) is 50.6 Å². The number of hydrogen-bond donors (Lipinski definition) is 3. The van der Waals surface area contributed by atoms with Crippen molar-refractivity contribution >= 4 is 52.2 Å². The number of fused-ring (bicyclic) bond motifs is 1. The van der Waals surface area contributed by atoms with Crippen molar-refractivity contribution in [3.63, 3.8) is 0 Å². The quantitative estimate of drug-likeness (QED) is 0.0426. The minimum Gasteiger partial charge on any atom is -0.345 e. The second-order valence-electron chi connectivity index (χ2n) is 16.7. The molecule has 0 aliphatic heterocycles. The summed E-state index contributed by atoms with van der Waals surface area (Å²) in [4.78, 5) is 44.0. The van der Waals surface area contributed by atoms with Crippen molar-refractivity contribution < 1.29 is 18.9 Å². The van der Waals surface area contributed by atoms with Crippen molar-refractivity contribution in [3.8, 4) is 0 Å². The molecule has 3 heterocycles. The van der Waals surface area contributed by atoms with E-state index in [1.54, 1.807) is 59.9 Å². The molecule has 0 fully saturated rings. The standard InChI is InChI=1S/C49H65N7O3/c1-6-7-8-9-10-11-12-13-14-15-16-17-20-30-56(4,5)31-29-50-48(58)45-33-43(37-54(45)2)53-49(59)46-34-42(36-55(46)3)52-47(57)40-27-25-38(26-28-40)23-24-39-32-41-21-18-19-22-44(41)51-35-39/h18-19,21-28,32-37H,6-17,20,29-31H2,1-5H3,(H2-,50,52,53,57,58,59)/p+1/b24-23+. The molecule has 59 heavy (non-hydrogen) atoms. The smallest absolute Gasteiger partial charge is 0.272 e. The summed E-state index contributed by atoms with van der Waals surface area (Å²) in [5.74, 6) is -0.808. The Balaban J connectivity index is 1.01. The zero-order valence-electron chi connectivity index (χ0n) is 36.1. The maximum atomic E-state index is 13.3. The molecule has 0 unspecified atom stereocenters. The molecule has 0 saturated carbocycles. The Labute approximate surface area is 351 Å². The van der Waals surface area contributed by atoms with Crippen LogP contribution in [0.2, 0.25) is 0 Å². The number of unbranched alkanes of at least 4 members (excludes halogenated alkanes) is 12. The fourth-order valence-electron chi connectivity index (χ4n) is 7.46. The molecular weight excluding hydrogens is 735 g/mol. The maximum absolute atomic E-state index is 13.3. The third-order valence-corrected chi connectivity index (χ3v) is 11.1. The lowest BCUT2D eigenvalue weighted by Gasteiger charge is -2.30. The van der Waals surface area contributed by atoms with E-state index in [4.69, 9.17) is 0 Å². The number of para-hydroxylation sites is 1. The normalized spacial score (nSPS) is 11.7. The molecule has 0 bridgehead atoms. The van der Waals surface area contributed by atoms with Crippen LogP contribution in [0.3, 0.4) is 0 Å². The van der Waals surface area contributed by atoms with Gasteiger partial charge in [0.1, 0.15) is 11.4 Å². The lowest BCUT2D eigenvalue weighted by Crippen LogP contribution is -2.46. The number of anilines is 2. The highest BCUT2D eigenvalue weighted by Gasteiger charge is 2.19. The van der Waals surface area contributed by atoms with Gasteiger partial charge < -0.3 is 29.6 Å². The van der Waals surface area contributed by atoms with Gasteiger partial charge in [-0.25, -0.2) is 0 Å². The van der Waals surface area contributed by atoms with Crippen LogP contribution < -0.4 is 16.0 Å². The van der Waals surface area contributed by atoms with E-state index < -0.39 is 0 Å². The molecule has 0 aliphatic carbocycles. The minimum absolute atomic E-state index is 0.177. The van der Waals surface area contributed by atoms with Crippen LogP contribution in [-0.2, 0) is 14.1 Å². The van der Waals surface area contributed by atoms with Crippen LogP contribution in [0, 0.1) is 0 Å². The Hall–Kier alpha value is -5.48. The molecule has 5 rings (SSSR count). The van der Waals surface area contributed by atoms with Crippen molar-refractivity contribution in [2.24, 2.45) is 14.1 Å². The van der Waals surface area contributed by atoms with Gasteiger partial charge in [0, 0.05) is 43.6 Å². The van der Waals surface area contributed by atoms with Crippen molar-refractivity contribution in [1.29, 1.82) is 0 Å². The molecule has 0 radical (unpaired) electrons. The van der Waals surface area contributed by atoms with E-state index in [1.165, 1.54) is 83.5 Å². The van der Waals surface area contributed by atoms with E-state index in [-0.39, 0.29) is 17.7 Å². The molecule has 0 atom stereocenters. The lowest BCUT2D eigenvalue weighted by molar-refractivity contribution is -0.889. The topological polar surface area (TPSA) is 110 Å². The average Bonchev–Trinajstić information content (AvgIpc) is 3.79. The number of quaternary nitrogens is 1. The van der Waals surface area contributed by atoms with Crippen LogP contribution in [0.15, 0.2) is 85.3 Å². The Bertz CT molecular complexity index is 2140. The number of rotatable bonds is 24. The molecule has 0 spiro atoms. The van der Waals surface area contributed by atoms with E-state index >= 15 is 0 Å². The first-order valence-corrected chi connectivity index (χ1v) is 21.7. The molecule has 0 saturated heterocycles. The molecule has 5 aromatic rings. The minimum atomic E-state index is -0.351. The average molecular weight is 801 g/mol. The number of carbonyl (C=O) groups is 3. The number of aromatic nitrogens is 3. The van der Waals surface area contributed by atoms with E-state index in [0.717, 1.165) is 39.6 Å².